The van der Waals surface area contributed by atoms with Crippen LogP contribution in [0.15, 0.2) is 23.1 Å². The number of aliphatic hydroxyl groups is 1. The first-order valence-corrected chi connectivity index (χ1v) is 8.27. The third kappa shape index (κ3) is 3.07. The smallest absolute Gasteiger partial charge is 0.244 e. The maximum Gasteiger partial charge on any atom is 0.244 e. The molecule has 1 saturated heterocycles. The Hall–Kier alpha value is -1.49. The fourth-order valence-corrected chi connectivity index (χ4v) is 4.44. The summed E-state index contributed by atoms with van der Waals surface area (Å²) in [7, 11) is -4.00. The van der Waals surface area contributed by atoms with Crippen molar-refractivity contribution in [3.63, 3.8) is 0 Å². The van der Waals surface area contributed by atoms with E-state index in [-0.39, 0.29) is 18.0 Å². The van der Waals surface area contributed by atoms with Crippen molar-refractivity contribution in [2.24, 2.45) is 0 Å². The Morgan fingerprint density at radius 1 is 1.38 bits per heavy atom. The Morgan fingerprint density at radius 2 is 2.14 bits per heavy atom. The van der Waals surface area contributed by atoms with Gasteiger partial charge in [0, 0.05) is 12.6 Å². The van der Waals surface area contributed by atoms with Crippen molar-refractivity contribution < 1.29 is 17.9 Å². The lowest BCUT2D eigenvalue weighted by molar-refractivity contribution is 0.186. The molecule has 1 aliphatic rings. The number of hydrogen-bond acceptors (Lipinski definition) is 4. The monoisotopic (exact) mass is 312 g/mol. The molecule has 0 radical (unpaired) electrons. The summed E-state index contributed by atoms with van der Waals surface area (Å²) in [6, 6.07) is 4.66. The quantitative estimate of drug-likeness (QED) is 0.919. The van der Waals surface area contributed by atoms with Crippen molar-refractivity contribution in [2.75, 3.05) is 13.2 Å². The van der Waals surface area contributed by atoms with Crippen molar-refractivity contribution in [3.05, 3.63) is 29.6 Å². The maximum absolute atomic E-state index is 13.7. The van der Waals surface area contributed by atoms with Gasteiger partial charge in [-0.2, -0.15) is 9.57 Å². The minimum absolute atomic E-state index is 0.273. The van der Waals surface area contributed by atoms with E-state index in [0.717, 1.165) is 18.9 Å². The molecule has 2 rings (SSSR count). The molecule has 0 saturated carbocycles. The number of halogens is 1. The SMILES string of the molecule is N#Cc1c(F)cccc1S(=O)(=O)N1CCCCCC1CO. The van der Waals surface area contributed by atoms with Crippen LogP contribution in [0.4, 0.5) is 4.39 Å². The Labute approximate surface area is 123 Å². The highest BCUT2D eigenvalue weighted by molar-refractivity contribution is 7.89. The molecule has 7 heteroatoms. The summed E-state index contributed by atoms with van der Waals surface area (Å²) in [6.45, 7) is -0.00856. The van der Waals surface area contributed by atoms with E-state index in [1.54, 1.807) is 6.07 Å². The van der Waals surface area contributed by atoms with Gasteiger partial charge in [-0.15, -0.1) is 0 Å². The van der Waals surface area contributed by atoms with Crippen LogP contribution in [0, 0.1) is 17.1 Å². The normalized spacial score (nSPS) is 20.7. The molecule has 1 aromatic rings. The van der Waals surface area contributed by atoms with Crippen LogP contribution in [0.5, 0.6) is 0 Å². The number of hydrogen-bond donors (Lipinski definition) is 1. The van der Waals surface area contributed by atoms with Crippen LogP contribution in [0.2, 0.25) is 0 Å². The molecular weight excluding hydrogens is 295 g/mol. The highest BCUT2D eigenvalue weighted by Gasteiger charge is 2.34. The number of benzene rings is 1. The Bertz CT molecular complexity index is 655. The molecule has 5 nitrogen and oxygen atoms in total. The van der Waals surface area contributed by atoms with Crippen molar-refractivity contribution in [2.45, 2.75) is 36.6 Å². The van der Waals surface area contributed by atoms with E-state index < -0.39 is 27.4 Å². The predicted octanol–water partition coefficient (Wildman–Crippen LogP) is 1.62. The van der Waals surface area contributed by atoms with E-state index in [1.807, 2.05) is 0 Å². The highest BCUT2D eigenvalue weighted by atomic mass is 32.2. The van der Waals surface area contributed by atoms with Gasteiger partial charge in [-0.1, -0.05) is 18.9 Å². The number of nitriles is 1. The zero-order valence-electron chi connectivity index (χ0n) is 11.5. The highest BCUT2D eigenvalue weighted by Crippen LogP contribution is 2.27. The summed E-state index contributed by atoms with van der Waals surface area (Å²) in [5.74, 6) is -0.853. The fraction of sp³-hybridized carbons (Fsp3) is 0.500. The second-order valence-corrected chi connectivity index (χ2v) is 6.89. The minimum Gasteiger partial charge on any atom is -0.395 e. The topological polar surface area (TPSA) is 81.4 Å². The molecule has 1 N–H and O–H groups in total. The van der Waals surface area contributed by atoms with E-state index in [9.17, 15) is 17.9 Å². The number of rotatable bonds is 3. The lowest BCUT2D eigenvalue weighted by atomic mass is 10.1. The molecule has 1 aromatic carbocycles. The molecule has 1 atom stereocenters. The lowest BCUT2D eigenvalue weighted by Gasteiger charge is -2.28. The molecule has 0 amide bonds. The van der Waals surface area contributed by atoms with Gasteiger partial charge in [-0.3, -0.25) is 0 Å². The molecule has 1 heterocycles. The van der Waals surface area contributed by atoms with Gasteiger partial charge in [-0.25, -0.2) is 12.8 Å². The van der Waals surface area contributed by atoms with E-state index in [4.69, 9.17) is 5.26 Å². The maximum atomic E-state index is 13.7. The summed E-state index contributed by atoms with van der Waals surface area (Å²) in [5, 5.41) is 18.4. The largest absolute Gasteiger partial charge is 0.395 e. The Kier molecular flexibility index (Phi) is 4.93. The third-order valence-electron chi connectivity index (χ3n) is 3.71. The van der Waals surface area contributed by atoms with Crippen LogP contribution in [0.25, 0.3) is 0 Å². The number of sulfonamides is 1. The van der Waals surface area contributed by atoms with Gasteiger partial charge in [0.2, 0.25) is 10.0 Å². The van der Waals surface area contributed by atoms with Crippen molar-refractivity contribution in [1.82, 2.24) is 4.31 Å². The zero-order chi connectivity index (χ0) is 15.5. The summed E-state index contributed by atoms with van der Waals surface area (Å²) in [5.41, 5.74) is -0.474. The van der Waals surface area contributed by atoms with Crippen LogP contribution in [-0.4, -0.2) is 37.0 Å². The fourth-order valence-electron chi connectivity index (χ4n) is 2.60. The predicted molar refractivity (Wildman–Crippen MR) is 74.3 cm³/mol. The van der Waals surface area contributed by atoms with Crippen molar-refractivity contribution in [1.29, 1.82) is 5.26 Å². The van der Waals surface area contributed by atoms with Crippen molar-refractivity contribution in [3.8, 4) is 6.07 Å². The molecule has 1 unspecified atom stereocenters. The minimum atomic E-state index is -4.00. The van der Waals surface area contributed by atoms with E-state index in [0.29, 0.717) is 12.8 Å². The zero-order valence-corrected chi connectivity index (χ0v) is 12.3. The first-order chi connectivity index (χ1) is 10.0. The standard InChI is InChI=1S/C14H17FN2O3S/c15-13-6-4-7-14(12(13)9-16)21(19,20)17-8-3-1-2-5-11(17)10-18/h4,6-7,11,18H,1-3,5,8,10H2. The van der Waals surface area contributed by atoms with E-state index >= 15 is 0 Å². The van der Waals surface area contributed by atoms with Gasteiger partial charge in [0.05, 0.1) is 6.61 Å². The average molecular weight is 312 g/mol. The average Bonchev–Trinajstić information content (AvgIpc) is 2.72. The van der Waals surface area contributed by atoms with Crippen LogP contribution >= 0.6 is 0 Å². The molecule has 0 spiro atoms. The first kappa shape index (κ1) is 15.9. The van der Waals surface area contributed by atoms with E-state index in [2.05, 4.69) is 0 Å². The number of aliphatic hydroxyl groups excluding tert-OH is 1. The van der Waals surface area contributed by atoms with Gasteiger partial charge in [-0.05, 0) is 25.0 Å². The van der Waals surface area contributed by atoms with E-state index in [1.165, 1.54) is 16.4 Å². The first-order valence-electron chi connectivity index (χ1n) is 6.83. The van der Waals surface area contributed by atoms with Gasteiger partial charge in [0.25, 0.3) is 0 Å². The van der Waals surface area contributed by atoms with Crippen LogP contribution < -0.4 is 0 Å². The molecular formula is C14H17FN2O3S. The van der Waals surface area contributed by atoms with Crippen LogP contribution in [0.1, 0.15) is 31.2 Å². The van der Waals surface area contributed by atoms with Crippen LogP contribution in [-0.2, 0) is 10.0 Å². The molecule has 1 aliphatic heterocycles. The molecule has 0 bridgehead atoms. The molecule has 0 aliphatic carbocycles. The Morgan fingerprint density at radius 3 is 2.81 bits per heavy atom. The van der Waals surface area contributed by atoms with Gasteiger partial charge in [0.15, 0.2) is 0 Å². The molecule has 114 valence electrons. The van der Waals surface area contributed by atoms with Crippen LogP contribution in [0.3, 0.4) is 0 Å². The third-order valence-corrected chi connectivity index (χ3v) is 5.70. The summed E-state index contributed by atoms with van der Waals surface area (Å²) < 4.78 is 40.3. The number of nitrogens with zero attached hydrogens (tertiary/aromatic N) is 2. The molecule has 21 heavy (non-hydrogen) atoms. The van der Waals surface area contributed by atoms with Gasteiger partial charge in [0.1, 0.15) is 22.3 Å². The molecule has 0 aromatic heterocycles. The second kappa shape index (κ2) is 6.52. The molecule has 1 fully saturated rings. The second-order valence-electron chi connectivity index (χ2n) is 5.03. The van der Waals surface area contributed by atoms with Gasteiger partial charge >= 0.3 is 0 Å². The van der Waals surface area contributed by atoms with Crippen molar-refractivity contribution >= 4 is 10.0 Å². The summed E-state index contributed by atoms with van der Waals surface area (Å²) in [6.07, 6.45) is 2.97. The summed E-state index contributed by atoms with van der Waals surface area (Å²) >= 11 is 0. The Balaban J connectivity index is 2.50. The summed E-state index contributed by atoms with van der Waals surface area (Å²) in [4.78, 5) is -0.328. The lowest BCUT2D eigenvalue weighted by Crippen LogP contribution is -2.42. The van der Waals surface area contributed by atoms with Gasteiger partial charge < -0.3 is 5.11 Å².